The van der Waals surface area contributed by atoms with Crippen LogP contribution < -0.4 is 17.0 Å². The number of nitrogen functional groups attached to an aromatic ring is 1. The van der Waals surface area contributed by atoms with Crippen LogP contribution in [0.5, 0.6) is 0 Å². The number of aromatic nitrogens is 2. The van der Waals surface area contributed by atoms with Gasteiger partial charge in [-0.3, -0.25) is 14.3 Å². The summed E-state index contributed by atoms with van der Waals surface area (Å²) in [4.78, 5) is 25.0. The Morgan fingerprint density at radius 3 is 2.78 bits per heavy atom. The summed E-state index contributed by atoms with van der Waals surface area (Å²) in [6.07, 6.45) is 1.43. The number of hydrogen-bond acceptors (Lipinski definition) is 3. The van der Waals surface area contributed by atoms with Crippen molar-refractivity contribution < 1.29 is 0 Å². The Morgan fingerprint density at radius 1 is 1.39 bits per heavy atom. The summed E-state index contributed by atoms with van der Waals surface area (Å²) in [6, 6.07) is 5.05. The van der Waals surface area contributed by atoms with E-state index in [-0.39, 0.29) is 11.0 Å². The molecular formula is C11H9BrClN3O2. The highest BCUT2D eigenvalue weighted by atomic mass is 79.9. The largest absolute Gasteiger partial charge is 0.398 e. The van der Waals surface area contributed by atoms with E-state index in [9.17, 15) is 9.59 Å². The monoisotopic (exact) mass is 329 g/mol. The Hall–Kier alpha value is -1.53. The van der Waals surface area contributed by atoms with Gasteiger partial charge in [0.1, 0.15) is 0 Å². The van der Waals surface area contributed by atoms with Gasteiger partial charge in [0.25, 0.3) is 5.56 Å². The molecule has 0 bridgehead atoms. The van der Waals surface area contributed by atoms with Crippen molar-refractivity contribution in [3.05, 3.63) is 60.3 Å². The molecule has 0 saturated heterocycles. The van der Waals surface area contributed by atoms with E-state index in [0.29, 0.717) is 10.7 Å². The number of H-pyrrole nitrogens is 1. The van der Waals surface area contributed by atoms with Crippen LogP contribution in [-0.4, -0.2) is 9.55 Å². The summed E-state index contributed by atoms with van der Waals surface area (Å²) in [5, 5.41) is 0.534. The van der Waals surface area contributed by atoms with Crippen molar-refractivity contribution in [1.29, 1.82) is 0 Å². The fourth-order valence-corrected chi connectivity index (χ4v) is 2.02. The molecule has 1 aromatic heterocycles. The number of benzene rings is 1. The standard InChI is InChI=1S/C11H9BrClN3O2/c12-8-5-16(11(18)15-10(8)17)4-6-1-2-7(13)3-9(6)14/h1-3,5H,4,14H2,(H,15,17,18). The molecule has 0 amide bonds. The van der Waals surface area contributed by atoms with Crippen LogP contribution in [0.1, 0.15) is 5.56 Å². The molecule has 0 fully saturated rings. The van der Waals surface area contributed by atoms with E-state index in [2.05, 4.69) is 20.9 Å². The van der Waals surface area contributed by atoms with Gasteiger partial charge in [0.2, 0.25) is 0 Å². The summed E-state index contributed by atoms with van der Waals surface area (Å²) < 4.78 is 1.64. The summed E-state index contributed by atoms with van der Waals surface area (Å²) >= 11 is 8.86. The molecule has 18 heavy (non-hydrogen) atoms. The summed E-state index contributed by atoms with van der Waals surface area (Å²) in [7, 11) is 0. The summed E-state index contributed by atoms with van der Waals surface area (Å²) in [6.45, 7) is 0.261. The second kappa shape index (κ2) is 4.99. The first kappa shape index (κ1) is 12.9. The third kappa shape index (κ3) is 2.65. The van der Waals surface area contributed by atoms with Gasteiger partial charge in [0.15, 0.2) is 0 Å². The fourth-order valence-electron chi connectivity index (χ4n) is 1.49. The molecule has 2 rings (SSSR count). The quantitative estimate of drug-likeness (QED) is 0.820. The first-order valence-electron chi connectivity index (χ1n) is 5.00. The third-order valence-electron chi connectivity index (χ3n) is 2.42. The Morgan fingerprint density at radius 2 is 2.11 bits per heavy atom. The lowest BCUT2D eigenvalue weighted by atomic mass is 10.2. The van der Waals surface area contributed by atoms with Gasteiger partial charge >= 0.3 is 5.69 Å². The van der Waals surface area contributed by atoms with E-state index in [1.165, 1.54) is 10.8 Å². The van der Waals surface area contributed by atoms with Crippen molar-refractivity contribution in [1.82, 2.24) is 9.55 Å². The first-order chi connectivity index (χ1) is 8.47. The molecule has 3 N–H and O–H groups in total. The molecule has 0 spiro atoms. The van der Waals surface area contributed by atoms with E-state index in [0.717, 1.165) is 5.56 Å². The number of aromatic amines is 1. The minimum atomic E-state index is -0.488. The van der Waals surface area contributed by atoms with Crippen LogP contribution in [-0.2, 0) is 6.54 Å². The average Bonchev–Trinajstić information content (AvgIpc) is 2.29. The van der Waals surface area contributed by atoms with Crippen molar-refractivity contribution in [2.45, 2.75) is 6.54 Å². The smallest absolute Gasteiger partial charge is 0.328 e. The van der Waals surface area contributed by atoms with Crippen LogP contribution in [0.3, 0.4) is 0 Å². The van der Waals surface area contributed by atoms with E-state index in [1.54, 1.807) is 18.2 Å². The Labute approximate surface area is 115 Å². The lowest BCUT2D eigenvalue weighted by Crippen LogP contribution is -2.30. The summed E-state index contributed by atoms with van der Waals surface area (Å²) in [5.41, 5.74) is 6.10. The van der Waals surface area contributed by atoms with E-state index < -0.39 is 11.2 Å². The van der Waals surface area contributed by atoms with Crippen LogP contribution in [0.4, 0.5) is 5.69 Å². The van der Waals surface area contributed by atoms with Gasteiger partial charge < -0.3 is 5.73 Å². The van der Waals surface area contributed by atoms with Crippen molar-refractivity contribution in [2.24, 2.45) is 0 Å². The molecule has 0 saturated carbocycles. The van der Waals surface area contributed by atoms with Gasteiger partial charge in [-0.1, -0.05) is 17.7 Å². The zero-order chi connectivity index (χ0) is 13.3. The second-order valence-corrected chi connectivity index (χ2v) is 5.00. The fraction of sp³-hybridized carbons (Fsp3) is 0.0909. The maximum absolute atomic E-state index is 11.6. The minimum absolute atomic E-state index is 0.261. The predicted molar refractivity (Wildman–Crippen MR) is 74.0 cm³/mol. The zero-order valence-electron chi connectivity index (χ0n) is 9.11. The number of rotatable bonds is 2. The van der Waals surface area contributed by atoms with Crippen molar-refractivity contribution in [2.75, 3.05) is 5.73 Å². The first-order valence-corrected chi connectivity index (χ1v) is 6.17. The molecule has 0 aliphatic heterocycles. The van der Waals surface area contributed by atoms with Crippen LogP contribution in [0, 0.1) is 0 Å². The topological polar surface area (TPSA) is 80.9 Å². The third-order valence-corrected chi connectivity index (χ3v) is 3.22. The van der Waals surface area contributed by atoms with Gasteiger partial charge in [0, 0.05) is 16.9 Å². The van der Waals surface area contributed by atoms with E-state index >= 15 is 0 Å². The lowest BCUT2D eigenvalue weighted by molar-refractivity contribution is 0.717. The highest BCUT2D eigenvalue weighted by molar-refractivity contribution is 9.10. The molecule has 94 valence electrons. The Kier molecular flexibility index (Phi) is 3.58. The van der Waals surface area contributed by atoms with Gasteiger partial charge in [-0.05, 0) is 33.6 Å². The van der Waals surface area contributed by atoms with Gasteiger partial charge in [-0.2, -0.15) is 0 Å². The second-order valence-electron chi connectivity index (χ2n) is 3.71. The highest BCUT2D eigenvalue weighted by Gasteiger charge is 2.05. The molecule has 0 unspecified atom stereocenters. The number of halogens is 2. The van der Waals surface area contributed by atoms with Crippen LogP contribution in [0.25, 0.3) is 0 Å². The maximum atomic E-state index is 11.6. The van der Waals surface area contributed by atoms with Crippen molar-refractivity contribution in [3.8, 4) is 0 Å². The predicted octanol–water partition coefficient (Wildman–Crippen LogP) is 1.58. The molecule has 1 aromatic carbocycles. The molecule has 0 atom stereocenters. The van der Waals surface area contributed by atoms with Crippen LogP contribution >= 0.6 is 27.5 Å². The molecule has 0 aliphatic rings. The molecular weight excluding hydrogens is 321 g/mol. The van der Waals surface area contributed by atoms with E-state index in [4.69, 9.17) is 17.3 Å². The number of anilines is 1. The average molecular weight is 331 g/mol. The molecule has 0 radical (unpaired) electrons. The number of nitrogens with two attached hydrogens (primary N) is 1. The highest BCUT2D eigenvalue weighted by Crippen LogP contribution is 2.18. The zero-order valence-corrected chi connectivity index (χ0v) is 11.5. The van der Waals surface area contributed by atoms with Gasteiger partial charge in [0.05, 0.1) is 11.0 Å². The van der Waals surface area contributed by atoms with Gasteiger partial charge in [-0.15, -0.1) is 0 Å². The number of hydrogen-bond donors (Lipinski definition) is 2. The molecule has 5 nitrogen and oxygen atoms in total. The Bertz CT molecular complexity index is 708. The lowest BCUT2D eigenvalue weighted by Gasteiger charge is -2.08. The Balaban J connectivity index is 2.43. The summed E-state index contributed by atoms with van der Waals surface area (Å²) in [5.74, 6) is 0. The van der Waals surface area contributed by atoms with Crippen molar-refractivity contribution in [3.63, 3.8) is 0 Å². The minimum Gasteiger partial charge on any atom is -0.398 e. The molecule has 2 aromatic rings. The molecule has 1 heterocycles. The normalized spacial score (nSPS) is 10.6. The SMILES string of the molecule is Nc1cc(Cl)ccc1Cn1cc(Br)c(=O)[nH]c1=O. The van der Waals surface area contributed by atoms with Crippen LogP contribution in [0.15, 0.2) is 38.5 Å². The van der Waals surface area contributed by atoms with E-state index in [1.807, 2.05) is 0 Å². The molecule has 0 aliphatic carbocycles. The van der Waals surface area contributed by atoms with Crippen LogP contribution in [0.2, 0.25) is 5.02 Å². The van der Waals surface area contributed by atoms with Crippen molar-refractivity contribution >= 4 is 33.2 Å². The molecule has 7 heteroatoms. The maximum Gasteiger partial charge on any atom is 0.328 e. The number of nitrogens with one attached hydrogen (secondary N) is 1. The number of nitrogens with zero attached hydrogens (tertiary/aromatic N) is 1. The van der Waals surface area contributed by atoms with Gasteiger partial charge in [-0.25, -0.2) is 4.79 Å².